The molecule has 1 saturated carbocycles. The maximum atomic E-state index is 12.1. The Hall–Kier alpha value is -2.77. The van der Waals surface area contributed by atoms with E-state index in [1.54, 1.807) is 24.3 Å². The lowest BCUT2D eigenvalue weighted by atomic mass is 9.89. The molecule has 1 heterocycles. The molecule has 2 N–H and O–H groups in total. The van der Waals surface area contributed by atoms with Gasteiger partial charge in [-0.1, -0.05) is 31.4 Å². The summed E-state index contributed by atoms with van der Waals surface area (Å²) in [5.41, 5.74) is 4.46. The summed E-state index contributed by atoms with van der Waals surface area (Å²) in [5.74, 6) is -0.612. The Morgan fingerprint density at radius 3 is 2.54 bits per heavy atom. The number of rotatable bonds is 4. The molecule has 2 amide bonds. The molecule has 0 spiro atoms. The number of esters is 1. The number of hydrogen-bond acceptors (Lipinski definition) is 6. The number of fused-ring (bicyclic) bond motifs is 1. The van der Waals surface area contributed by atoms with Gasteiger partial charge in [0.25, 0.3) is 11.8 Å². The average molecular weight is 362 g/mol. The van der Waals surface area contributed by atoms with Crippen molar-refractivity contribution in [1.29, 1.82) is 0 Å². The summed E-state index contributed by atoms with van der Waals surface area (Å²) >= 11 is 0. The van der Waals surface area contributed by atoms with Crippen LogP contribution in [0, 0.1) is 5.92 Å². The number of carbonyl (C=O) groups excluding carboxylic acids is 3. The van der Waals surface area contributed by atoms with Crippen molar-refractivity contribution in [1.82, 2.24) is 10.9 Å². The quantitative estimate of drug-likeness (QED) is 0.614. The van der Waals surface area contributed by atoms with Crippen molar-refractivity contribution in [3.63, 3.8) is 0 Å². The van der Waals surface area contributed by atoms with Gasteiger partial charge < -0.3 is 14.2 Å². The van der Waals surface area contributed by atoms with E-state index in [0.29, 0.717) is 11.5 Å². The minimum atomic E-state index is -0.880. The van der Waals surface area contributed by atoms with Gasteiger partial charge in [0.1, 0.15) is 6.61 Å². The molecule has 3 rings (SSSR count). The van der Waals surface area contributed by atoms with Gasteiger partial charge in [0.05, 0.1) is 5.92 Å². The van der Waals surface area contributed by atoms with Crippen molar-refractivity contribution in [2.75, 3.05) is 13.2 Å². The number of benzene rings is 1. The third kappa shape index (κ3) is 4.65. The van der Waals surface area contributed by atoms with Crippen LogP contribution in [0.3, 0.4) is 0 Å². The van der Waals surface area contributed by atoms with E-state index in [1.807, 2.05) is 0 Å². The molecule has 2 aliphatic rings. The molecule has 1 aromatic rings. The molecular formula is C18H22N2O6. The molecule has 8 nitrogen and oxygen atoms in total. The number of ether oxygens (including phenoxy) is 3. The van der Waals surface area contributed by atoms with Gasteiger partial charge in [0.15, 0.2) is 18.1 Å². The molecule has 1 fully saturated rings. The summed E-state index contributed by atoms with van der Waals surface area (Å²) in [7, 11) is 0. The van der Waals surface area contributed by atoms with Gasteiger partial charge in [-0.05, 0) is 25.0 Å². The van der Waals surface area contributed by atoms with Crippen LogP contribution in [0.15, 0.2) is 24.3 Å². The molecule has 1 aromatic carbocycles. The predicted octanol–water partition coefficient (Wildman–Crippen LogP) is 1.10. The van der Waals surface area contributed by atoms with E-state index in [-0.39, 0.29) is 18.5 Å². The van der Waals surface area contributed by atoms with E-state index in [0.717, 1.165) is 32.1 Å². The molecule has 1 atom stereocenters. The van der Waals surface area contributed by atoms with Crippen LogP contribution >= 0.6 is 0 Å². The molecule has 1 aliphatic heterocycles. The second-order valence-electron chi connectivity index (χ2n) is 6.34. The highest BCUT2D eigenvalue weighted by atomic mass is 16.6. The van der Waals surface area contributed by atoms with E-state index in [4.69, 9.17) is 14.2 Å². The van der Waals surface area contributed by atoms with Crippen LogP contribution in [0.25, 0.3) is 0 Å². The van der Waals surface area contributed by atoms with Crippen molar-refractivity contribution in [2.24, 2.45) is 5.92 Å². The lowest BCUT2D eigenvalue weighted by Gasteiger charge is -2.25. The molecule has 0 unspecified atom stereocenters. The third-order valence-electron chi connectivity index (χ3n) is 4.41. The topological polar surface area (TPSA) is 103 Å². The van der Waals surface area contributed by atoms with Gasteiger partial charge in [-0.2, -0.15) is 0 Å². The average Bonchev–Trinajstić information content (AvgIpc) is 2.70. The van der Waals surface area contributed by atoms with Crippen molar-refractivity contribution >= 4 is 17.8 Å². The van der Waals surface area contributed by atoms with Gasteiger partial charge >= 0.3 is 5.97 Å². The zero-order valence-corrected chi connectivity index (χ0v) is 14.4. The smallest absolute Gasteiger partial charge is 0.309 e. The van der Waals surface area contributed by atoms with Crippen LogP contribution < -0.4 is 20.3 Å². The molecule has 26 heavy (non-hydrogen) atoms. The van der Waals surface area contributed by atoms with Crippen LogP contribution in [0.5, 0.6) is 11.5 Å². The highest BCUT2D eigenvalue weighted by Gasteiger charge is 2.28. The molecule has 8 heteroatoms. The number of para-hydroxylation sites is 2. The zero-order valence-electron chi connectivity index (χ0n) is 14.4. The first-order valence-electron chi connectivity index (χ1n) is 8.77. The molecule has 0 radical (unpaired) electrons. The van der Waals surface area contributed by atoms with E-state index >= 15 is 0 Å². The fourth-order valence-corrected chi connectivity index (χ4v) is 2.99. The van der Waals surface area contributed by atoms with Crippen LogP contribution in [-0.4, -0.2) is 37.1 Å². The first-order chi connectivity index (χ1) is 12.6. The van der Waals surface area contributed by atoms with Crippen LogP contribution in [0.1, 0.15) is 32.1 Å². The number of nitrogens with one attached hydrogen (secondary N) is 2. The van der Waals surface area contributed by atoms with Crippen LogP contribution in [-0.2, 0) is 19.1 Å². The predicted molar refractivity (Wildman–Crippen MR) is 90.2 cm³/mol. The number of carbonyl (C=O) groups is 3. The second-order valence-corrected chi connectivity index (χ2v) is 6.34. The largest absolute Gasteiger partial charge is 0.485 e. The second kappa shape index (κ2) is 8.55. The lowest BCUT2D eigenvalue weighted by Crippen LogP contribution is -2.51. The van der Waals surface area contributed by atoms with Gasteiger partial charge in [-0.15, -0.1) is 0 Å². The number of amides is 2. The van der Waals surface area contributed by atoms with Gasteiger partial charge in [0.2, 0.25) is 6.10 Å². The van der Waals surface area contributed by atoms with Gasteiger partial charge in [-0.25, -0.2) is 0 Å². The van der Waals surface area contributed by atoms with E-state index in [9.17, 15) is 14.4 Å². The number of hydrazine groups is 1. The summed E-state index contributed by atoms with van der Waals surface area (Å²) in [4.78, 5) is 35.7. The molecule has 0 bridgehead atoms. The highest BCUT2D eigenvalue weighted by molar-refractivity contribution is 5.86. The van der Waals surface area contributed by atoms with Crippen molar-refractivity contribution in [2.45, 2.75) is 38.2 Å². The summed E-state index contributed by atoms with van der Waals surface area (Å²) in [6.45, 7) is -0.393. The molecule has 1 aliphatic carbocycles. The minimum Gasteiger partial charge on any atom is -0.485 e. The van der Waals surface area contributed by atoms with Crippen molar-refractivity contribution < 1.29 is 28.6 Å². The van der Waals surface area contributed by atoms with Crippen LogP contribution in [0.4, 0.5) is 0 Å². The Bertz CT molecular complexity index is 671. The SMILES string of the molecule is O=C(COC(=O)C1CCCCC1)NNC(=O)[C@H]1COc2ccccc2O1. The third-order valence-corrected chi connectivity index (χ3v) is 4.41. The molecular weight excluding hydrogens is 340 g/mol. The summed E-state index contributed by atoms with van der Waals surface area (Å²) in [5, 5.41) is 0. The molecule has 140 valence electrons. The summed E-state index contributed by atoms with van der Waals surface area (Å²) in [6.07, 6.45) is 3.88. The van der Waals surface area contributed by atoms with Gasteiger partial charge in [-0.3, -0.25) is 25.2 Å². The summed E-state index contributed by atoms with van der Waals surface area (Å²) < 4.78 is 16.0. The Kier molecular flexibility index (Phi) is 5.93. The Balaban J connectivity index is 1.37. The zero-order chi connectivity index (χ0) is 18.4. The normalized spacial score (nSPS) is 19.3. The maximum Gasteiger partial charge on any atom is 0.309 e. The first kappa shape index (κ1) is 18.0. The first-order valence-corrected chi connectivity index (χ1v) is 8.77. The number of hydrogen-bond donors (Lipinski definition) is 2. The molecule has 0 aromatic heterocycles. The monoisotopic (exact) mass is 362 g/mol. The Morgan fingerprint density at radius 2 is 1.77 bits per heavy atom. The van der Waals surface area contributed by atoms with Crippen LogP contribution in [0.2, 0.25) is 0 Å². The standard InChI is InChI=1S/C18H22N2O6/c21-16(11-25-18(23)12-6-2-1-3-7-12)19-20-17(22)15-10-24-13-8-4-5-9-14(13)26-15/h4-5,8-9,12,15H,1-3,6-7,10-11H2,(H,19,21)(H,20,22)/t15-/m1/s1. The summed E-state index contributed by atoms with van der Waals surface area (Å²) in [6, 6.07) is 7.01. The van der Waals surface area contributed by atoms with Crippen molar-refractivity contribution in [3.8, 4) is 11.5 Å². The van der Waals surface area contributed by atoms with E-state index in [1.165, 1.54) is 0 Å². The highest BCUT2D eigenvalue weighted by Crippen LogP contribution is 2.30. The van der Waals surface area contributed by atoms with E-state index < -0.39 is 24.5 Å². The lowest BCUT2D eigenvalue weighted by molar-refractivity contribution is -0.154. The Labute approximate surface area is 151 Å². The van der Waals surface area contributed by atoms with Crippen molar-refractivity contribution in [3.05, 3.63) is 24.3 Å². The minimum absolute atomic E-state index is 0.0371. The Morgan fingerprint density at radius 1 is 1.04 bits per heavy atom. The maximum absolute atomic E-state index is 12.1. The fraction of sp³-hybridized carbons (Fsp3) is 0.500. The fourth-order valence-electron chi connectivity index (χ4n) is 2.99. The molecule has 0 saturated heterocycles. The van der Waals surface area contributed by atoms with E-state index in [2.05, 4.69) is 10.9 Å². The van der Waals surface area contributed by atoms with Gasteiger partial charge in [0, 0.05) is 0 Å².